The van der Waals surface area contributed by atoms with Gasteiger partial charge in [0.05, 0.1) is 24.5 Å². The SMILES string of the molecule is CC(NC(=O)N1CCc2cn[nH]c2C1)c1noc(-c2ccc(Cl)cc2)n1. The molecule has 0 fully saturated rings. The average Bonchev–Trinajstić information content (AvgIpc) is 3.31. The summed E-state index contributed by atoms with van der Waals surface area (Å²) >= 11 is 5.89. The minimum Gasteiger partial charge on any atom is -0.334 e. The maximum Gasteiger partial charge on any atom is 0.318 e. The van der Waals surface area contributed by atoms with Crippen LogP contribution in [0.5, 0.6) is 0 Å². The van der Waals surface area contributed by atoms with Crippen molar-refractivity contribution in [2.75, 3.05) is 6.54 Å². The van der Waals surface area contributed by atoms with Gasteiger partial charge in [0.25, 0.3) is 5.89 Å². The Hall–Kier alpha value is -2.87. The van der Waals surface area contributed by atoms with E-state index in [4.69, 9.17) is 16.1 Å². The van der Waals surface area contributed by atoms with Crippen LogP contribution in [0, 0.1) is 0 Å². The number of hydrogen-bond donors (Lipinski definition) is 2. The largest absolute Gasteiger partial charge is 0.334 e. The molecule has 0 saturated carbocycles. The Balaban J connectivity index is 1.41. The van der Waals surface area contributed by atoms with Crippen molar-refractivity contribution < 1.29 is 9.32 Å². The van der Waals surface area contributed by atoms with Crippen LogP contribution in [0.25, 0.3) is 11.5 Å². The van der Waals surface area contributed by atoms with Crippen LogP contribution in [0.4, 0.5) is 4.79 Å². The van der Waals surface area contributed by atoms with Crippen LogP contribution in [-0.4, -0.2) is 37.8 Å². The van der Waals surface area contributed by atoms with Gasteiger partial charge >= 0.3 is 6.03 Å². The molecule has 0 aliphatic carbocycles. The number of H-pyrrole nitrogens is 1. The predicted molar refractivity (Wildman–Crippen MR) is 94.4 cm³/mol. The van der Waals surface area contributed by atoms with Gasteiger partial charge in [-0.25, -0.2) is 4.79 Å². The number of halogens is 1. The van der Waals surface area contributed by atoms with E-state index in [0.29, 0.717) is 29.8 Å². The van der Waals surface area contributed by atoms with E-state index in [1.165, 1.54) is 0 Å². The fourth-order valence-electron chi connectivity index (χ4n) is 2.85. The van der Waals surface area contributed by atoms with Gasteiger partial charge in [0.2, 0.25) is 0 Å². The Morgan fingerprint density at radius 2 is 2.19 bits per heavy atom. The lowest BCUT2D eigenvalue weighted by atomic mass is 10.1. The van der Waals surface area contributed by atoms with Crippen LogP contribution in [-0.2, 0) is 13.0 Å². The zero-order valence-corrected chi connectivity index (χ0v) is 14.8. The van der Waals surface area contributed by atoms with E-state index in [1.54, 1.807) is 29.2 Å². The predicted octanol–water partition coefficient (Wildman–Crippen LogP) is 2.94. The Kier molecular flexibility index (Phi) is 4.34. The van der Waals surface area contributed by atoms with Crippen molar-refractivity contribution in [3.05, 3.63) is 52.6 Å². The summed E-state index contributed by atoms with van der Waals surface area (Å²) in [6.45, 7) is 2.98. The van der Waals surface area contributed by atoms with Crippen molar-refractivity contribution in [3.63, 3.8) is 0 Å². The maximum atomic E-state index is 12.5. The van der Waals surface area contributed by atoms with Crippen molar-refractivity contribution in [2.45, 2.75) is 25.9 Å². The normalized spacial score (nSPS) is 14.8. The molecule has 0 bridgehead atoms. The minimum atomic E-state index is -0.379. The van der Waals surface area contributed by atoms with E-state index < -0.39 is 0 Å². The van der Waals surface area contributed by atoms with E-state index in [9.17, 15) is 4.79 Å². The number of fused-ring (bicyclic) bond motifs is 1. The molecule has 1 aromatic carbocycles. The van der Waals surface area contributed by atoms with Gasteiger partial charge in [-0.1, -0.05) is 16.8 Å². The van der Waals surface area contributed by atoms with Crippen LogP contribution in [0.3, 0.4) is 0 Å². The second-order valence-electron chi connectivity index (χ2n) is 6.18. The highest BCUT2D eigenvalue weighted by atomic mass is 35.5. The molecule has 0 radical (unpaired) electrons. The van der Waals surface area contributed by atoms with Gasteiger partial charge in [0, 0.05) is 17.1 Å². The smallest absolute Gasteiger partial charge is 0.318 e. The number of aromatic amines is 1. The number of aromatic nitrogens is 4. The summed E-state index contributed by atoms with van der Waals surface area (Å²) in [5, 5.41) is 14.5. The van der Waals surface area contributed by atoms with Crippen LogP contribution >= 0.6 is 11.6 Å². The number of benzene rings is 1. The molecule has 26 heavy (non-hydrogen) atoms. The van der Waals surface area contributed by atoms with Crippen LogP contribution in [0.1, 0.15) is 30.0 Å². The number of carbonyl (C=O) groups is 1. The summed E-state index contributed by atoms with van der Waals surface area (Å²) in [6.07, 6.45) is 2.60. The van der Waals surface area contributed by atoms with E-state index in [2.05, 4.69) is 25.7 Å². The van der Waals surface area contributed by atoms with Crippen LogP contribution < -0.4 is 5.32 Å². The first-order valence-electron chi connectivity index (χ1n) is 8.26. The monoisotopic (exact) mass is 372 g/mol. The first kappa shape index (κ1) is 16.6. The summed E-state index contributed by atoms with van der Waals surface area (Å²) in [7, 11) is 0. The zero-order chi connectivity index (χ0) is 18.1. The number of rotatable bonds is 3. The molecule has 1 aliphatic rings. The lowest BCUT2D eigenvalue weighted by Crippen LogP contribution is -2.43. The number of hydrogen-bond acceptors (Lipinski definition) is 5. The maximum absolute atomic E-state index is 12.5. The number of nitrogens with zero attached hydrogens (tertiary/aromatic N) is 4. The summed E-state index contributed by atoms with van der Waals surface area (Å²) in [4.78, 5) is 18.6. The van der Waals surface area contributed by atoms with Gasteiger partial charge in [-0.15, -0.1) is 0 Å². The molecule has 8 nitrogen and oxygen atoms in total. The molecule has 3 heterocycles. The van der Waals surface area contributed by atoms with E-state index in [-0.39, 0.29) is 12.1 Å². The van der Waals surface area contributed by atoms with Gasteiger partial charge in [-0.3, -0.25) is 5.10 Å². The Morgan fingerprint density at radius 3 is 3.00 bits per heavy atom. The summed E-state index contributed by atoms with van der Waals surface area (Å²) in [5.74, 6) is 0.806. The summed E-state index contributed by atoms with van der Waals surface area (Å²) in [5.41, 5.74) is 2.91. The lowest BCUT2D eigenvalue weighted by Gasteiger charge is -2.27. The molecule has 0 spiro atoms. The third-order valence-corrected chi connectivity index (χ3v) is 4.61. The van der Waals surface area contributed by atoms with Gasteiger partial charge in [0.1, 0.15) is 0 Å². The quantitative estimate of drug-likeness (QED) is 0.736. The van der Waals surface area contributed by atoms with Gasteiger partial charge < -0.3 is 14.7 Å². The molecule has 2 amide bonds. The first-order valence-corrected chi connectivity index (χ1v) is 8.64. The van der Waals surface area contributed by atoms with Crippen molar-refractivity contribution in [2.24, 2.45) is 0 Å². The van der Waals surface area contributed by atoms with Gasteiger partial charge in [-0.05, 0) is 43.2 Å². The molecule has 3 aromatic rings. The highest BCUT2D eigenvalue weighted by Crippen LogP contribution is 2.22. The Morgan fingerprint density at radius 1 is 1.38 bits per heavy atom. The molecule has 9 heteroatoms. The molecular formula is C17H17ClN6O2. The summed E-state index contributed by atoms with van der Waals surface area (Å²) < 4.78 is 5.29. The minimum absolute atomic E-state index is 0.171. The standard InChI is InChI=1S/C17H17ClN6O2/c1-10(15-21-16(26-23-15)11-2-4-13(18)5-3-11)20-17(25)24-7-6-12-8-19-22-14(12)9-24/h2-5,8,10H,6-7,9H2,1H3,(H,19,22)(H,20,25). The van der Waals surface area contributed by atoms with Crippen LogP contribution in [0.2, 0.25) is 5.02 Å². The second kappa shape index (κ2) is 6.80. The first-order chi connectivity index (χ1) is 12.6. The third kappa shape index (κ3) is 3.28. The van der Waals surface area contributed by atoms with E-state index in [1.807, 2.05) is 13.1 Å². The second-order valence-corrected chi connectivity index (χ2v) is 6.62. The number of nitrogens with one attached hydrogen (secondary N) is 2. The molecule has 2 N–H and O–H groups in total. The molecule has 1 unspecified atom stereocenters. The van der Waals surface area contributed by atoms with Gasteiger partial charge in [0.15, 0.2) is 5.82 Å². The Labute approximate surface area is 154 Å². The van der Waals surface area contributed by atoms with Gasteiger partial charge in [-0.2, -0.15) is 10.1 Å². The van der Waals surface area contributed by atoms with Crippen LogP contribution in [0.15, 0.2) is 35.0 Å². The summed E-state index contributed by atoms with van der Waals surface area (Å²) in [6, 6.07) is 6.57. The number of carbonyl (C=O) groups excluding carboxylic acids is 1. The van der Waals surface area contributed by atoms with E-state index >= 15 is 0 Å². The highest BCUT2D eigenvalue weighted by molar-refractivity contribution is 6.30. The zero-order valence-electron chi connectivity index (χ0n) is 14.1. The molecule has 134 valence electrons. The fourth-order valence-corrected chi connectivity index (χ4v) is 2.98. The molecule has 1 aliphatic heterocycles. The van der Waals surface area contributed by atoms with Crippen molar-refractivity contribution in [1.82, 2.24) is 30.6 Å². The van der Waals surface area contributed by atoms with Crippen molar-refractivity contribution >= 4 is 17.6 Å². The van der Waals surface area contributed by atoms with Crippen molar-refractivity contribution in [3.8, 4) is 11.5 Å². The highest BCUT2D eigenvalue weighted by Gasteiger charge is 2.24. The number of amides is 2. The van der Waals surface area contributed by atoms with E-state index in [0.717, 1.165) is 23.2 Å². The molecule has 0 saturated heterocycles. The van der Waals surface area contributed by atoms with Crippen molar-refractivity contribution in [1.29, 1.82) is 0 Å². The fraction of sp³-hybridized carbons (Fsp3) is 0.294. The molecule has 1 atom stereocenters. The molecular weight excluding hydrogens is 356 g/mol. The Bertz CT molecular complexity index is 919. The molecule has 4 rings (SSSR count). The molecule has 2 aromatic heterocycles. The third-order valence-electron chi connectivity index (χ3n) is 4.35. The topological polar surface area (TPSA) is 99.9 Å². The lowest BCUT2D eigenvalue weighted by molar-refractivity contribution is 0.187. The number of urea groups is 1. The average molecular weight is 373 g/mol.